The lowest BCUT2D eigenvalue weighted by Gasteiger charge is -2.07. The fourth-order valence-electron chi connectivity index (χ4n) is 1.71. The molecule has 0 aliphatic carbocycles. The van der Waals surface area contributed by atoms with Crippen molar-refractivity contribution in [1.82, 2.24) is 0 Å². The topological polar surface area (TPSA) is 12.0 Å². The molecule has 0 amide bonds. The van der Waals surface area contributed by atoms with Crippen molar-refractivity contribution < 1.29 is 0 Å². The molecule has 0 unspecified atom stereocenters. The van der Waals surface area contributed by atoms with Crippen molar-refractivity contribution in [3.8, 4) is 0 Å². The number of para-hydroxylation sites is 1. The summed E-state index contributed by atoms with van der Waals surface area (Å²) < 4.78 is 0. The smallest absolute Gasteiger partial charge is 0.0409 e. The summed E-state index contributed by atoms with van der Waals surface area (Å²) in [6.07, 6.45) is 2.05. The van der Waals surface area contributed by atoms with Crippen molar-refractivity contribution in [3.63, 3.8) is 0 Å². The SMILES string of the molecule is C/C(=C\Nc1ccccc1C)c1ccccc1. The standard InChI is InChI=1S/C16H17N/c1-13-8-6-7-11-16(13)17-12-14(2)15-9-4-3-5-10-15/h3-12,17H,1-2H3/b14-12+. The molecule has 0 aromatic heterocycles. The van der Waals surface area contributed by atoms with Gasteiger partial charge in [-0.25, -0.2) is 0 Å². The Kier molecular flexibility index (Phi) is 3.61. The van der Waals surface area contributed by atoms with Gasteiger partial charge in [-0.3, -0.25) is 0 Å². The molecule has 2 aromatic carbocycles. The fraction of sp³-hybridized carbons (Fsp3) is 0.125. The van der Waals surface area contributed by atoms with Crippen LogP contribution in [0.25, 0.3) is 5.57 Å². The number of rotatable bonds is 3. The van der Waals surface area contributed by atoms with Gasteiger partial charge in [-0.2, -0.15) is 0 Å². The van der Waals surface area contributed by atoms with Crippen molar-refractivity contribution in [2.24, 2.45) is 0 Å². The molecule has 2 aromatic rings. The van der Waals surface area contributed by atoms with Crippen LogP contribution in [0, 0.1) is 6.92 Å². The largest absolute Gasteiger partial charge is 0.361 e. The number of hydrogen-bond acceptors (Lipinski definition) is 1. The molecule has 0 heterocycles. The highest BCUT2D eigenvalue weighted by molar-refractivity contribution is 5.67. The Hall–Kier alpha value is -2.02. The first-order valence-corrected chi connectivity index (χ1v) is 5.82. The molecule has 1 N–H and O–H groups in total. The van der Waals surface area contributed by atoms with Crippen molar-refractivity contribution in [2.45, 2.75) is 13.8 Å². The van der Waals surface area contributed by atoms with Gasteiger partial charge < -0.3 is 5.32 Å². The first-order chi connectivity index (χ1) is 8.27. The van der Waals surface area contributed by atoms with Gasteiger partial charge in [-0.15, -0.1) is 0 Å². The summed E-state index contributed by atoms with van der Waals surface area (Å²) in [5.41, 5.74) is 4.88. The van der Waals surface area contributed by atoms with E-state index in [0.717, 1.165) is 5.69 Å². The summed E-state index contributed by atoms with van der Waals surface area (Å²) in [5, 5.41) is 3.35. The maximum atomic E-state index is 3.35. The predicted molar refractivity (Wildman–Crippen MR) is 74.9 cm³/mol. The molecule has 0 atom stereocenters. The zero-order valence-electron chi connectivity index (χ0n) is 10.3. The Morgan fingerprint density at radius 2 is 1.59 bits per heavy atom. The van der Waals surface area contributed by atoms with E-state index in [9.17, 15) is 0 Å². The van der Waals surface area contributed by atoms with E-state index < -0.39 is 0 Å². The number of benzene rings is 2. The third-order valence-corrected chi connectivity index (χ3v) is 2.82. The Labute approximate surface area is 103 Å². The molecule has 1 heteroatoms. The van der Waals surface area contributed by atoms with Gasteiger partial charge in [-0.1, -0.05) is 48.5 Å². The average Bonchev–Trinajstić information content (AvgIpc) is 2.38. The van der Waals surface area contributed by atoms with Crippen LogP contribution in [-0.4, -0.2) is 0 Å². The van der Waals surface area contributed by atoms with Gasteiger partial charge in [0, 0.05) is 11.9 Å². The highest BCUT2D eigenvalue weighted by atomic mass is 14.8. The highest BCUT2D eigenvalue weighted by Crippen LogP contribution is 2.16. The minimum atomic E-state index is 1.16. The predicted octanol–water partition coefficient (Wildman–Crippen LogP) is 4.47. The van der Waals surface area contributed by atoms with E-state index in [1.54, 1.807) is 0 Å². The molecule has 0 spiro atoms. The summed E-state index contributed by atoms with van der Waals surface area (Å²) in [6.45, 7) is 4.22. The molecule has 0 bridgehead atoms. The van der Waals surface area contributed by atoms with Gasteiger partial charge in [0.2, 0.25) is 0 Å². The van der Waals surface area contributed by atoms with Crippen LogP contribution in [0.1, 0.15) is 18.1 Å². The minimum Gasteiger partial charge on any atom is -0.361 e. The van der Waals surface area contributed by atoms with E-state index in [4.69, 9.17) is 0 Å². The zero-order chi connectivity index (χ0) is 12.1. The van der Waals surface area contributed by atoms with E-state index in [-0.39, 0.29) is 0 Å². The van der Waals surface area contributed by atoms with E-state index in [0.29, 0.717) is 0 Å². The average molecular weight is 223 g/mol. The van der Waals surface area contributed by atoms with Gasteiger partial charge in [0.05, 0.1) is 0 Å². The Bertz CT molecular complexity index is 512. The molecule has 0 saturated heterocycles. The lowest BCUT2D eigenvalue weighted by atomic mass is 10.1. The summed E-state index contributed by atoms with van der Waals surface area (Å²) >= 11 is 0. The minimum absolute atomic E-state index is 1.16. The van der Waals surface area contributed by atoms with E-state index in [2.05, 4.69) is 61.8 Å². The maximum Gasteiger partial charge on any atom is 0.0409 e. The molecule has 0 aliphatic rings. The van der Waals surface area contributed by atoms with E-state index in [1.807, 2.05) is 18.2 Å². The molecular weight excluding hydrogens is 206 g/mol. The van der Waals surface area contributed by atoms with Crippen molar-refractivity contribution in [1.29, 1.82) is 0 Å². The Balaban J connectivity index is 2.14. The van der Waals surface area contributed by atoms with Crippen LogP contribution in [-0.2, 0) is 0 Å². The first kappa shape index (κ1) is 11.5. The third-order valence-electron chi connectivity index (χ3n) is 2.82. The number of nitrogens with one attached hydrogen (secondary N) is 1. The zero-order valence-corrected chi connectivity index (χ0v) is 10.3. The Morgan fingerprint density at radius 3 is 2.29 bits per heavy atom. The van der Waals surface area contributed by atoms with Gasteiger partial charge in [0.25, 0.3) is 0 Å². The van der Waals surface area contributed by atoms with Crippen molar-refractivity contribution in [2.75, 3.05) is 5.32 Å². The molecule has 0 fully saturated rings. The molecule has 0 aliphatic heterocycles. The van der Waals surface area contributed by atoms with Crippen LogP contribution >= 0.6 is 0 Å². The highest BCUT2D eigenvalue weighted by Gasteiger charge is 1.95. The Morgan fingerprint density at radius 1 is 0.941 bits per heavy atom. The number of hydrogen-bond donors (Lipinski definition) is 1. The molecule has 17 heavy (non-hydrogen) atoms. The van der Waals surface area contributed by atoms with Crippen LogP contribution < -0.4 is 5.32 Å². The van der Waals surface area contributed by atoms with Crippen LogP contribution in [0.2, 0.25) is 0 Å². The van der Waals surface area contributed by atoms with Gasteiger partial charge in [-0.05, 0) is 36.6 Å². The van der Waals surface area contributed by atoms with Crippen LogP contribution in [0.5, 0.6) is 0 Å². The van der Waals surface area contributed by atoms with E-state index in [1.165, 1.54) is 16.7 Å². The van der Waals surface area contributed by atoms with Gasteiger partial charge in [0.1, 0.15) is 0 Å². The van der Waals surface area contributed by atoms with Crippen LogP contribution in [0.15, 0.2) is 60.8 Å². The van der Waals surface area contributed by atoms with Gasteiger partial charge >= 0.3 is 0 Å². The summed E-state index contributed by atoms with van der Waals surface area (Å²) in [5.74, 6) is 0. The molecule has 86 valence electrons. The van der Waals surface area contributed by atoms with Gasteiger partial charge in [0.15, 0.2) is 0 Å². The number of aryl methyl sites for hydroxylation is 1. The number of allylic oxidation sites excluding steroid dienone is 1. The summed E-state index contributed by atoms with van der Waals surface area (Å²) in [6, 6.07) is 18.7. The lowest BCUT2D eigenvalue weighted by molar-refractivity contribution is 1.43. The first-order valence-electron chi connectivity index (χ1n) is 5.82. The second-order valence-electron chi connectivity index (χ2n) is 4.15. The van der Waals surface area contributed by atoms with Crippen LogP contribution in [0.4, 0.5) is 5.69 Å². The normalized spacial score (nSPS) is 11.3. The quantitative estimate of drug-likeness (QED) is 0.809. The second kappa shape index (κ2) is 5.35. The maximum absolute atomic E-state index is 3.35. The summed E-state index contributed by atoms with van der Waals surface area (Å²) in [4.78, 5) is 0. The lowest BCUT2D eigenvalue weighted by Crippen LogP contribution is -1.92. The molecule has 1 nitrogen and oxygen atoms in total. The van der Waals surface area contributed by atoms with Crippen molar-refractivity contribution in [3.05, 3.63) is 71.9 Å². The van der Waals surface area contributed by atoms with E-state index >= 15 is 0 Å². The fourth-order valence-corrected chi connectivity index (χ4v) is 1.71. The molecule has 0 radical (unpaired) electrons. The monoisotopic (exact) mass is 223 g/mol. The molecular formula is C16H17N. The van der Waals surface area contributed by atoms with Crippen molar-refractivity contribution >= 4 is 11.3 Å². The second-order valence-corrected chi connectivity index (χ2v) is 4.15. The number of anilines is 1. The third kappa shape index (κ3) is 2.97. The van der Waals surface area contributed by atoms with Crippen LogP contribution in [0.3, 0.4) is 0 Å². The molecule has 2 rings (SSSR count). The summed E-state index contributed by atoms with van der Waals surface area (Å²) in [7, 11) is 0. The molecule has 0 saturated carbocycles.